The number of aliphatic carboxylic acids is 1. The molecule has 2 heterocycles. The fourth-order valence-electron chi connectivity index (χ4n) is 4.79. The van der Waals surface area contributed by atoms with E-state index in [2.05, 4.69) is 22.0 Å². The molecule has 7 heteroatoms. The van der Waals surface area contributed by atoms with Crippen LogP contribution in [0.3, 0.4) is 0 Å². The van der Waals surface area contributed by atoms with Crippen LogP contribution in [0.2, 0.25) is 5.02 Å². The first-order valence-corrected chi connectivity index (χ1v) is 12.6. The predicted octanol–water partition coefficient (Wildman–Crippen LogP) is 6.31. The van der Waals surface area contributed by atoms with E-state index < -0.39 is 5.97 Å². The topological polar surface area (TPSA) is 88.9 Å². The third-order valence-electron chi connectivity index (χ3n) is 6.59. The standard InChI is InChI=1S/C29H28ClN3O3/c30-22-9-12-24-25(17-22)32-29(36)27(24)28(21-5-3-4-19(16-21)8-13-26(34)35)31-23-10-6-20(7-11-23)18-33-14-1-2-15-33/h3-7,9-12,16-17,32,36H,1-2,8,13-15,18H2,(H,34,35). The number of aromatic amines is 1. The molecule has 0 unspecified atom stereocenters. The number of carboxylic acid groups (broad SMARTS) is 1. The normalized spacial score (nSPS) is 14.5. The number of hydrogen-bond acceptors (Lipinski definition) is 4. The summed E-state index contributed by atoms with van der Waals surface area (Å²) in [6.07, 6.45) is 2.98. The highest BCUT2D eigenvalue weighted by atomic mass is 35.5. The Labute approximate surface area is 214 Å². The maximum atomic E-state index is 11.1. The van der Waals surface area contributed by atoms with Crippen LogP contribution in [0.25, 0.3) is 10.9 Å². The van der Waals surface area contributed by atoms with E-state index in [1.165, 1.54) is 18.4 Å². The molecule has 184 valence electrons. The monoisotopic (exact) mass is 501 g/mol. The molecular formula is C29H28ClN3O3. The Morgan fingerprint density at radius 2 is 1.78 bits per heavy atom. The van der Waals surface area contributed by atoms with Gasteiger partial charge in [-0.2, -0.15) is 0 Å². The Kier molecular flexibility index (Phi) is 7.07. The van der Waals surface area contributed by atoms with Crippen molar-refractivity contribution in [2.75, 3.05) is 13.1 Å². The number of aromatic hydroxyl groups is 1. The van der Waals surface area contributed by atoms with E-state index in [0.29, 0.717) is 28.2 Å². The predicted molar refractivity (Wildman–Crippen MR) is 144 cm³/mol. The Morgan fingerprint density at radius 3 is 2.53 bits per heavy atom. The summed E-state index contributed by atoms with van der Waals surface area (Å²) in [6, 6.07) is 21.3. The number of nitrogens with zero attached hydrogens (tertiary/aromatic N) is 2. The molecule has 0 radical (unpaired) electrons. The number of H-pyrrole nitrogens is 1. The molecule has 0 amide bonds. The van der Waals surface area contributed by atoms with Gasteiger partial charge in [0.05, 0.1) is 22.5 Å². The molecule has 1 aromatic heterocycles. The maximum Gasteiger partial charge on any atom is 0.303 e. The van der Waals surface area contributed by atoms with Gasteiger partial charge in [0.1, 0.15) is 0 Å². The molecular weight excluding hydrogens is 474 g/mol. The van der Waals surface area contributed by atoms with Crippen molar-refractivity contribution in [2.24, 2.45) is 4.99 Å². The van der Waals surface area contributed by atoms with Gasteiger partial charge in [0.2, 0.25) is 0 Å². The van der Waals surface area contributed by atoms with Gasteiger partial charge in [-0.15, -0.1) is 0 Å². The van der Waals surface area contributed by atoms with Crippen LogP contribution in [-0.2, 0) is 17.8 Å². The second kappa shape index (κ2) is 10.6. The van der Waals surface area contributed by atoms with E-state index >= 15 is 0 Å². The van der Waals surface area contributed by atoms with Crippen molar-refractivity contribution < 1.29 is 15.0 Å². The number of rotatable bonds is 8. The van der Waals surface area contributed by atoms with Crippen molar-refractivity contribution in [3.63, 3.8) is 0 Å². The summed E-state index contributed by atoms with van der Waals surface area (Å²) in [5.41, 5.74) is 5.61. The molecule has 0 spiro atoms. The van der Waals surface area contributed by atoms with Crippen molar-refractivity contribution in [1.29, 1.82) is 0 Å². The van der Waals surface area contributed by atoms with Crippen molar-refractivity contribution in [3.8, 4) is 5.88 Å². The smallest absolute Gasteiger partial charge is 0.303 e. The van der Waals surface area contributed by atoms with E-state index in [4.69, 9.17) is 21.7 Å². The number of benzene rings is 3. The highest BCUT2D eigenvalue weighted by Gasteiger charge is 2.19. The zero-order valence-electron chi connectivity index (χ0n) is 19.9. The molecule has 0 aliphatic carbocycles. The number of aromatic nitrogens is 1. The number of fused-ring (bicyclic) bond motifs is 1. The van der Waals surface area contributed by atoms with E-state index in [1.54, 1.807) is 12.1 Å². The number of likely N-dealkylation sites (tertiary alicyclic amines) is 1. The third-order valence-corrected chi connectivity index (χ3v) is 6.82. The van der Waals surface area contributed by atoms with E-state index in [-0.39, 0.29) is 12.3 Å². The molecule has 0 bridgehead atoms. The number of carboxylic acids is 1. The summed E-state index contributed by atoms with van der Waals surface area (Å²) in [4.78, 5) is 21.6. The van der Waals surface area contributed by atoms with Gasteiger partial charge in [-0.3, -0.25) is 9.69 Å². The molecule has 5 rings (SSSR count). The van der Waals surface area contributed by atoms with Crippen LogP contribution in [0.4, 0.5) is 5.69 Å². The molecule has 1 aliphatic heterocycles. The number of carbonyl (C=O) groups is 1. The first-order chi connectivity index (χ1) is 17.5. The van der Waals surface area contributed by atoms with Gasteiger partial charge in [0, 0.05) is 28.9 Å². The van der Waals surface area contributed by atoms with Gasteiger partial charge in [0.25, 0.3) is 0 Å². The molecule has 3 aromatic carbocycles. The number of halogens is 1. The van der Waals surface area contributed by atoms with Gasteiger partial charge in [-0.25, -0.2) is 4.99 Å². The average molecular weight is 502 g/mol. The Bertz CT molecular complexity index is 1420. The lowest BCUT2D eigenvalue weighted by Crippen LogP contribution is -2.18. The van der Waals surface area contributed by atoms with Crippen LogP contribution < -0.4 is 0 Å². The van der Waals surface area contributed by atoms with Crippen molar-refractivity contribution in [2.45, 2.75) is 32.2 Å². The second-order valence-electron chi connectivity index (χ2n) is 9.24. The van der Waals surface area contributed by atoms with Crippen LogP contribution in [-0.4, -0.2) is 44.9 Å². The first kappa shape index (κ1) is 24.1. The first-order valence-electron chi connectivity index (χ1n) is 12.2. The Balaban J connectivity index is 1.56. The largest absolute Gasteiger partial charge is 0.494 e. The fourth-order valence-corrected chi connectivity index (χ4v) is 4.96. The van der Waals surface area contributed by atoms with Crippen LogP contribution in [0.5, 0.6) is 5.88 Å². The minimum absolute atomic E-state index is 0.00705. The summed E-state index contributed by atoms with van der Waals surface area (Å²) in [6.45, 7) is 3.23. The van der Waals surface area contributed by atoms with Gasteiger partial charge in [-0.1, -0.05) is 48.0 Å². The minimum atomic E-state index is -0.838. The summed E-state index contributed by atoms with van der Waals surface area (Å²) in [7, 11) is 0. The lowest BCUT2D eigenvalue weighted by molar-refractivity contribution is -0.136. The molecule has 1 aliphatic rings. The minimum Gasteiger partial charge on any atom is -0.494 e. The van der Waals surface area contributed by atoms with Gasteiger partial charge < -0.3 is 15.2 Å². The van der Waals surface area contributed by atoms with E-state index in [1.807, 2.05) is 42.5 Å². The highest BCUT2D eigenvalue weighted by Crippen LogP contribution is 2.33. The molecule has 0 atom stereocenters. The zero-order chi connectivity index (χ0) is 25.1. The summed E-state index contributed by atoms with van der Waals surface area (Å²) < 4.78 is 0. The molecule has 3 N–H and O–H groups in total. The zero-order valence-corrected chi connectivity index (χ0v) is 20.6. The molecule has 1 fully saturated rings. The maximum absolute atomic E-state index is 11.1. The third kappa shape index (κ3) is 5.45. The van der Waals surface area contributed by atoms with Crippen LogP contribution >= 0.6 is 11.6 Å². The fraction of sp³-hybridized carbons (Fsp3) is 0.241. The lowest BCUT2D eigenvalue weighted by Gasteiger charge is -2.14. The highest BCUT2D eigenvalue weighted by molar-refractivity contribution is 6.31. The Hall–Kier alpha value is -3.61. The van der Waals surface area contributed by atoms with Crippen LogP contribution in [0, 0.1) is 0 Å². The Morgan fingerprint density at radius 1 is 1.00 bits per heavy atom. The summed E-state index contributed by atoms with van der Waals surface area (Å²) in [5.74, 6) is -0.831. The molecule has 4 aromatic rings. The summed E-state index contributed by atoms with van der Waals surface area (Å²) >= 11 is 6.18. The van der Waals surface area contributed by atoms with Gasteiger partial charge in [0.15, 0.2) is 5.88 Å². The van der Waals surface area contributed by atoms with E-state index in [0.717, 1.165) is 41.8 Å². The number of hydrogen-bond donors (Lipinski definition) is 3. The van der Waals surface area contributed by atoms with Crippen molar-refractivity contribution >= 4 is 39.9 Å². The lowest BCUT2D eigenvalue weighted by atomic mass is 9.97. The van der Waals surface area contributed by atoms with Crippen LogP contribution in [0.1, 0.15) is 41.5 Å². The SMILES string of the molecule is O=C(O)CCc1cccc(C(=Nc2ccc(CN3CCCC3)cc2)c2c(O)[nH]c3cc(Cl)ccc23)c1. The van der Waals surface area contributed by atoms with Crippen molar-refractivity contribution in [3.05, 3.63) is 94.0 Å². The van der Waals surface area contributed by atoms with E-state index in [9.17, 15) is 9.90 Å². The second-order valence-corrected chi connectivity index (χ2v) is 9.68. The van der Waals surface area contributed by atoms with Crippen molar-refractivity contribution in [1.82, 2.24) is 9.88 Å². The number of nitrogens with one attached hydrogen (secondary N) is 1. The summed E-state index contributed by atoms with van der Waals surface area (Å²) in [5, 5.41) is 21.4. The molecule has 36 heavy (non-hydrogen) atoms. The van der Waals surface area contributed by atoms with Gasteiger partial charge in [-0.05, 0) is 73.8 Å². The number of aryl methyl sites for hydroxylation is 1. The number of aliphatic imine (C=N–C) groups is 1. The van der Waals surface area contributed by atoms with Gasteiger partial charge >= 0.3 is 5.97 Å². The average Bonchev–Trinajstić information content (AvgIpc) is 3.49. The molecule has 1 saturated heterocycles. The molecule has 6 nitrogen and oxygen atoms in total. The quantitative estimate of drug-likeness (QED) is 0.247. The van der Waals surface area contributed by atoms with Crippen LogP contribution in [0.15, 0.2) is 71.7 Å². The molecule has 0 saturated carbocycles.